The fourth-order valence-electron chi connectivity index (χ4n) is 1.42. The zero-order chi connectivity index (χ0) is 14.4. The molecular formula is C11H13ClN6O2. The Morgan fingerprint density at radius 2 is 2.30 bits per heavy atom. The molecule has 0 fully saturated rings. The minimum atomic E-state index is -0.282. The van der Waals surface area contributed by atoms with E-state index in [1.54, 1.807) is 30.2 Å². The van der Waals surface area contributed by atoms with Gasteiger partial charge in [-0.2, -0.15) is 15.0 Å². The van der Waals surface area contributed by atoms with Gasteiger partial charge in [0.2, 0.25) is 17.2 Å². The molecule has 0 aliphatic rings. The largest absolute Gasteiger partial charge is 0.466 e. The summed E-state index contributed by atoms with van der Waals surface area (Å²) in [7, 11) is 0. The Morgan fingerprint density at radius 1 is 1.45 bits per heavy atom. The topological polar surface area (TPSA) is 94.8 Å². The lowest BCUT2D eigenvalue weighted by Gasteiger charge is -2.06. The molecule has 0 amide bonds. The summed E-state index contributed by atoms with van der Waals surface area (Å²) in [6.45, 7) is 2.47. The first-order chi connectivity index (χ1) is 9.69. The maximum Gasteiger partial charge on any atom is 0.307 e. The van der Waals surface area contributed by atoms with Crippen molar-refractivity contribution in [1.29, 1.82) is 0 Å². The van der Waals surface area contributed by atoms with Crippen molar-refractivity contribution in [3.63, 3.8) is 0 Å². The third-order valence-corrected chi connectivity index (χ3v) is 2.42. The summed E-state index contributed by atoms with van der Waals surface area (Å²) in [5.74, 6) is 0.356. The van der Waals surface area contributed by atoms with Crippen LogP contribution in [0.1, 0.15) is 13.3 Å². The van der Waals surface area contributed by atoms with E-state index in [1.807, 2.05) is 0 Å². The molecular weight excluding hydrogens is 284 g/mol. The lowest BCUT2D eigenvalue weighted by atomic mass is 10.4. The van der Waals surface area contributed by atoms with E-state index in [9.17, 15) is 4.79 Å². The van der Waals surface area contributed by atoms with Gasteiger partial charge in [0, 0.05) is 18.9 Å². The van der Waals surface area contributed by atoms with Crippen LogP contribution in [-0.2, 0) is 9.53 Å². The quantitative estimate of drug-likeness (QED) is 0.797. The Balaban J connectivity index is 2.00. The van der Waals surface area contributed by atoms with Gasteiger partial charge in [0.15, 0.2) is 0 Å². The molecule has 0 bridgehead atoms. The first-order valence-electron chi connectivity index (χ1n) is 5.98. The number of esters is 1. The molecule has 0 saturated heterocycles. The summed E-state index contributed by atoms with van der Waals surface area (Å²) >= 11 is 5.83. The molecule has 0 radical (unpaired) electrons. The van der Waals surface area contributed by atoms with Crippen LogP contribution in [0.2, 0.25) is 5.28 Å². The molecule has 0 aromatic carbocycles. The summed E-state index contributed by atoms with van der Waals surface area (Å²) in [4.78, 5) is 27.2. The predicted molar refractivity (Wildman–Crippen MR) is 71.7 cm³/mol. The van der Waals surface area contributed by atoms with Crippen molar-refractivity contribution in [2.24, 2.45) is 0 Å². The molecule has 1 N–H and O–H groups in total. The molecule has 106 valence electrons. The lowest BCUT2D eigenvalue weighted by Crippen LogP contribution is -2.14. The van der Waals surface area contributed by atoms with Crippen molar-refractivity contribution in [3.05, 3.63) is 24.0 Å². The summed E-state index contributed by atoms with van der Waals surface area (Å²) in [6, 6.07) is 0. The van der Waals surface area contributed by atoms with Crippen molar-refractivity contribution in [2.75, 3.05) is 18.5 Å². The maximum absolute atomic E-state index is 11.2. The summed E-state index contributed by atoms with van der Waals surface area (Å²) in [5.41, 5.74) is 0. The second-order valence-corrected chi connectivity index (χ2v) is 4.02. The van der Waals surface area contributed by atoms with Crippen LogP contribution in [0.15, 0.2) is 18.7 Å². The maximum atomic E-state index is 11.2. The van der Waals surface area contributed by atoms with E-state index in [0.29, 0.717) is 19.1 Å². The van der Waals surface area contributed by atoms with E-state index in [0.717, 1.165) is 0 Å². The third kappa shape index (κ3) is 3.89. The Hall–Kier alpha value is -2.22. The van der Waals surface area contributed by atoms with Gasteiger partial charge in [0.1, 0.15) is 6.33 Å². The van der Waals surface area contributed by atoms with Crippen LogP contribution in [-0.4, -0.2) is 43.6 Å². The Morgan fingerprint density at radius 3 is 3.00 bits per heavy atom. The number of hydrogen-bond acceptors (Lipinski definition) is 7. The highest BCUT2D eigenvalue weighted by Gasteiger charge is 2.07. The smallest absolute Gasteiger partial charge is 0.307 e. The van der Waals surface area contributed by atoms with Crippen molar-refractivity contribution in [3.8, 4) is 5.95 Å². The van der Waals surface area contributed by atoms with Crippen molar-refractivity contribution in [1.82, 2.24) is 24.5 Å². The molecule has 2 aromatic heterocycles. The predicted octanol–water partition coefficient (Wildman–Crippen LogP) is 1.08. The van der Waals surface area contributed by atoms with Crippen LogP contribution >= 0.6 is 11.6 Å². The van der Waals surface area contributed by atoms with E-state index < -0.39 is 0 Å². The Labute approximate surface area is 120 Å². The lowest BCUT2D eigenvalue weighted by molar-refractivity contribution is -0.142. The van der Waals surface area contributed by atoms with Crippen molar-refractivity contribution >= 4 is 23.5 Å². The number of rotatable bonds is 6. The number of ether oxygens (including phenoxy) is 1. The average molecular weight is 297 g/mol. The van der Waals surface area contributed by atoms with Crippen LogP contribution in [0.4, 0.5) is 5.95 Å². The van der Waals surface area contributed by atoms with E-state index in [2.05, 4.69) is 25.3 Å². The molecule has 8 nitrogen and oxygen atoms in total. The van der Waals surface area contributed by atoms with Gasteiger partial charge in [-0.25, -0.2) is 4.98 Å². The fraction of sp³-hybridized carbons (Fsp3) is 0.364. The van der Waals surface area contributed by atoms with Gasteiger partial charge in [0.05, 0.1) is 13.0 Å². The molecule has 0 aliphatic heterocycles. The molecule has 0 aliphatic carbocycles. The number of imidazole rings is 1. The normalized spacial score (nSPS) is 10.3. The number of anilines is 1. The highest BCUT2D eigenvalue weighted by atomic mass is 35.5. The summed E-state index contributed by atoms with van der Waals surface area (Å²) in [5, 5.41) is 2.95. The molecule has 2 aromatic rings. The van der Waals surface area contributed by atoms with Crippen molar-refractivity contribution < 1.29 is 9.53 Å². The Bertz CT molecular complexity index is 574. The molecule has 20 heavy (non-hydrogen) atoms. The summed E-state index contributed by atoms with van der Waals surface area (Å²) < 4.78 is 6.42. The van der Waals surface area contributed by atoms with Gasteiger partial charge in [0.25, 0.3) is 0 Å². The van der Waals surface area contributed by atoms with E-state index in [1.165, 1.54) is 0 Å². The number of nitrogens with one attached hydrogen (secondary N) is 1. The number of carbonyl (C=O) groups excluding carboxylic acids is 1. The number of halogens is 1. The highest BCUT2D eigenvalue weighted by Crippen LogP contribution is 2.09. The molecule has 0 unspecified atom stereocenters. The van der Waals surface area contributed by atoms with Gasteiger partial charge in [-0.05, 0) is 18.5 Å². The van der Waals surface area contributed by atoms with Gasteiger partial charge in [-0.1, -0.05) is 0 Å². The van der Waals surface area contributed by atoms with Gasteiger partial charge in [-0.3, -0.25) is 9.36 Å². The van der Waals surface area contributed by atoms with Crippen LogP contribution in [0, 0.1) is 0 Å². The highest BCUT2D eigenvalue weighted by molar-refractivity contribution is 6.28. The first kappa shape index (κ1) is 14.2. The molecule has 0 atom stereocenters. The van der Waals surface area contributed by atoms with Crippen LogP contribution in [0.25, 0.3) is 5.95 Å². The number of nitrogens with zero attached hydrogens (tertiary/aromatic N) is 5. The standard InChI is InChI=1S/C11H13ClN6O2/c1-2-20-8(19)3-4-14-10-15-9(12)16-11(17-10)18-6-5-13-7-18/h5-7H,2-4H2,1H3,(H,14,15,16,17). The van der Waals surface area contributed by atoms with Gasteiger partial charge >= 0.3 is 5.97 Å². The van der Waals surface area contributed by atoms with E-state index in [-0.39, 0.29) is 23.6 Å². The Kier molecular flexibility index (Phi) is 4.83. The zero-order valence-electron chi connectivity index (χ0n) is 10.8. The molecule has 0 spiro atoms. The third-order valence-electron chi connectivity index (χ3n) is 2.25. The molecule has 0 saturated carbocycles. The second-order valence-electron chi connectivity index (χ2n) is 3.68. The van der Waals surface area contributed by atoms with E-state index >= 15 is 0 Å². The number of aromatic nitrogens is 5. The van der Waals surface area contributed by atoms with E-state index in [4.69, 9.17) is 16.3 Å². The molecule has 9 heteroatoms. The minimum absolute atomic E-state index is 0.0577. The second kappa shape index (κ2) is 6.80. The average Bonchev–Trinajstić information content (AvgIpc) is 2.92. The van der Waals surface area contributed by atoms with Gasteiger partial charge < -0.3 is 10.1 Å². The number of carbonyl (C=O) groups is 1. The van der Waals surface area contributed by atoms with Gasteiger partial charge in [-0.15, -0.1) is 0 Å². The van der Waals surface area contributed by atoms with Crippen LogP contribution in [0.3, 0.4) is 0 Å². The number of hydrogen-bond donors (Lipinski definition) is 1. The first-order valence-corrected chi connectivity index (χ1v) is 6.36. The molecule has 2 heterocycles. The van der Waals surface area contributed by atoms with Crippen LogP contribution in [0.5, 0.6) is 0 Å². The SMILES string of the molecule is CCOC(=O)CCNc1nc(Cl)nc(-n2ccnc2)n1. The monoisotopic (exact) mass is 296 g/mol. The van der Waals surface area contributed by atoms with Crippen LogP contribution < -0.4 is 5.32 Å². The fourth-order valence-corrected chi connectivity index (χ4v) is 1.58. The molecule has 2 rings (SSSR count). The summed E-state index contributed by atoms with van der Waals surface area (Å²) in [6.07, 6.45) is 5.06. The zero-order valence-corrected chi connectivity index (χ0v) is 11.5. The minimum Gasteiger partial charge on any atom is -0.466 e. The van der Waals surface area contributed by atoms with Crippen molar-refractivity contribution in [2.45, 2.75) is 13.3 Å².